The smallest absolute Gasteiger partial charge is 0.161 e. The summed E-state index contributed by atoms with van der Waals surface area (Å²) < 4.78 is 0. The molecule has 2 heteroatoms. The van der Waals surface area contributed by atoms with Gasteiger partial charge in [0.05, 0.1) is 6.26 Å². The topological polar surface area (TPSA) is 37.3 Å². The maximum absolute atomic E-state index is 11.2. The third kappa shape index (κ3) is 1.87. The van der Waals surface area contributed by atoms with E-state index in [1.165, 1.54) is 0 Å². The summed E-state index contributed by atoms with van der Waals surface area (Å²) in [6, 6.07) is 0. The van der Waals surface area contributed by atoms with E-state index in [1.807, 2.05) is 0 Å². The molecule has 12 heavy (non-hydrogen) atoms. The van der Waals surface area contributed by atoms with Crippen molar-refractivity contribution in [3.05, 3.63) is 11.8 Å². The Labute approximate surface area is 73.3 Å². The van der Waals surface area contributed by atoms with Crippen molar-refractivity contribution in [2.75, 3.05) is 0 Å². The van der Waals surface area contributed by atoms with E-state index in [4.69, 9.17) is 5.11 Å². The van der Waals surface area contributed by atoms with E-state index in [0.29, 0.717) is 23.8 Å². The quantitative estimate of drug-likeness (QED) is 0.482. The fourth-order valence-corrected chi connectivity index (χ4v) is 1.67. The lowest BCUT2D eigenvalue weighted by Gasteiger charge is -2.25. The monoisotopic (exact) mass is 168 g/mol. The highest BCUT2D eigenvalue weighted by Gasteiger charge is 2.25. The molecule has 1 aliphatic rings. The highest BCUT2D eigenvalue weighted by atomic mass is 16.2. The van der Waals surface area contributed by atoms with Crippen LogP contribution in [-0.4, -0.2) is 10.9 Å². The number of ketones is 1. The first-order valence-electron chi connectivity index (χ1n) is 4.51. The number of carbonyl (C=O) groups is 1. The molecule has 0 aromatic carbocycles. The van der Waals surface area contributed by atoms with Crippen LogP contribution < -0.4 is 0 Å². The third-order valence-corrected chi connectivity index (χ3v) is 2.68. The lowest BCUT2D eigenvalue weighted by atomic mass is 9.79. The van der Waals surface area contributed by atoms with Crippen LogP contribution in [-0.2, 0) is 4.79 Å². The Morgan fingerprint density at radius 3 is 2.75 bits per heavy atom. The van der Waals surface area contributed by atoms with Crippen molar-refractivity contribution in [3.63, 3.8) is 0 Å². The summed E-state index contributed by atoms with van der Waals surface area (Å²) in [5.74, 6) is 1.29. The molecule has 0 amide bonds. The number of hydrogen-bond acceptors (Lipinski definition) is 2. The van der Waals surface area contributed by atoms with Gasteiger partial charge in [0.25, 0.3) is 0 Å². The van der Waals surface area contributed by atoms with Crippen LogP contribution in [0.4, 0.5) is 0 Å². The largest absolute Gasteiger partial charge is 0.515 e. The molecule has 0 aromatic heterocycles. The Morgan fingerprint density at radius 1 is 1.58 bits per heavy atom. The number of allylic oxidation sites excluding steroid dienone is 1. The molecule has 0 aliphatic heterocycles. The average molecular weight is 168 g/mol. The molecule has 0 bridgehead atoms. The second-order valence-corrected chi connectivity index (χ2v) is 3.82. The third-order valence-electron chi connectivity index (χ3n) is 2.68. The molecule has 1 fully saturated rings. The van der Waals surface area contributed by atoms with Gasteiger partial charge in [-0.2, -0.15) is 0 Å². The van der Waals surface area contributed by atoms with E-state index >= 15 is 0 Å². The molecule has 1 aliphatic carbocycles. The SMILES string of the molecule is CC(C)C1CCC(=O)C(=CO)C1. The molecule has 2 nitrogen and oxygen atoms in total. The Balaban J connectivity index is 2.62. The molecule has 1 unspecified atom stereocenters. The summed E-state index contributed by atoms with van der Waals surface area (Å²) in [4.78, 5) is 11.2. The molecular weight excluding hydrogens is 152 g/mol. The van der Waals surface area contributed by atoms with Gasteiger partial charge in [-0.05, 0) is 24.7 Å². The zero-order chi connectivity index (χ0) is 9.14. The van der Waals surface area contributed by atoms with Gasteiger partial charge < -0.3 is 5.11 Å². The molecule has 0 heterocycles. The van der Waals surface area contributed by atoms with Crippen LogP contribution in [0, 0.1) is 11.8 Å². The summed E-state index contributed by atoms with van der Waals surface area (Å²) >= 11 is 0. The van der Waals surface area contributed by atoms with Crippen molar-refractivity contribution < 1.29 is 9.90 Å². The predicted octanol–water partition coefficient (Wildman–Crippen LogP) is 2.45. The van der Waals surface area contributed by atoms with Gasteiger partial charge >= 0.3 is 0 Å². The minimum absolute atomic E-state index is 0.120. The van der Waals surface area contributed by atoms with Crippen LogP contribution in [0.25, 0.3) is 0 Å². The fraction of sp³-hybridized carbons (Fsp3) is 0.700. The summed E-state index contributed by atoms with van der Waals surface area (Å²) in [6.45, 7) is 4.32. The molecule has 1 N–H and O–H groups in total. The van der Waals surface area contributed by atoms with Crippen LogP contribution in [0.2, 0.25) is 0 Å². The van der Waals surface area contributed by atoms with E-state index in [-0.39, 0.29) is 5.78 Å². The second kappa shape index (κ2) is 3.74. The Kier molecular flexibility index (Phi) is 2.90. The van der Waals surface area contributed by atoms with Crippen molar-refractivity contribution in [2.24, 2.45) is 11.8 Å². The summed E-state index contributed by atoms with van der Waals surface area (Å²) in [5, 5.41) is 8.78. The molecule has 0 spiro atoms. The number of Topliss-reactive ketones (excluding diaryl/α,β-unsaturated/α-hetero) is 1. The first-order chi connectivity index (χ1) is 5.65. The van der Waals surface area contributed by atoms with Crippen LogP contribution in [0.15, 0.2) is 11.8 Å². The second-order valence-electron chi connectivity index (χ2n) is 3.82. The normalized spacial score (nSPS) is 28.4. The van der Waals surface area contributed by atoms with Gasteiger partial charge in [-0.15, -0.1) is 0 Å². The maximum atomic E-state index is 11.2. The van der Waals surface area contributed by atoms with Gasteiger partial charge in [0.2, 0.25) is 0 Å². The lowest BCUT2D eigenvalue weighted by Crippen LogP contribution is -2.20. The standard InChI is InChI=1S/C10H16O2/c1-7(2)8-3-4-10(12)9(5-8)6-11/h6-8,11H,3-5H2,1-2H3. The molecule has 1 rings (SSSR count). The Bertz CT molecular complexity index is 204. The molecular formula is C10H16O2. The van der Waals surface area contributed by atoms with Crippen LogP contribution in [0.1, 0.15) is 33.1 Å². The highest BCUT2D eigenvalue weighted by Crippen LogP contribution is 2.30. The van der Waals surface area contributed by atoms with Gasteiger partial charge in [-0.1, -0.05) is 13.8 Å². The first-order valence-corrected chi connectivity index (χ1v) is 4.51. The zero-order valence-electron chi connectivity index (χ0n) is 7.71. The summed E-state index contributed by atoms with van der Waals surface area (Å²) in [7, 11) is 0. The van der Waals surface area contributed by atoms with Crippen molar-refractivity contribution in [3.8, 4) is 0 Å². The van der Waals surface area contributed by atoms with Gasteiger partial charge in [-0.25, -0.2) is 0 Å². The molecule has 0 saturated heterocycles. The average Bonchev–Trinajstić information content (AvgIpc) is 2.05. The minimum atomic E-state index is 0.120. The van der Waals surface area contributed by atoms with Crippen molar-refractivity contribution in [2.45, 2.75) is 33.1 Å². The van der Waals surface area contributed by atoms with E-state index in [9.17, 15) is 4.79 Å². The number of carbonyl (C=O) groups excluding carboxylic acids is 1. The number of rotatable bonds is 1. The molecule has 0 radical (unpaired) electrons. The van der Waals surface area contributed by atoms with Crippen molar-refractivity contribution >= 4 is 5.78 Å². The Hall–Kier alpha value is -0.790. The van der Waals surface area contributed by atoms with Crippen LogP contribution >= 0.6 is 0 Å². The van der Waals surface area contributed by atoms with E-state index in [1.54, 1.807) is 0 Å². The lowest BCUT2D eigenvalue weighted by molar-refractivity contribution is -0.117. The van der Waals surface area contributed by atoms with Gasteiger partial charge in [0.1, 0.15) is 0 Å². The molecule has 1 atom stereocenters. The number of aliphatic hydroxyl groups excluding tert-OH is 1. The Morgan fingerprint density at radius 2 is 2.25 bits per heavy atom. The van der Waals surface area contributed by atoms with Gasteiger partial charge in [0, 0.05) is 12.0 Å². The fourth-order valence-electron chi connectivity index (χ4n) is 1.67. The van der Waals surface area contributed by atoms with Crippen molar-refractivity contribution in [1.82, 2.24) is 0 Å². The van der Waals surface area contributed by atoms with Gasteiger partial charge in [-0.3, -0.25) is 4.79 Å². The molecule has 68 valence electrons. The maximum Gasteiger partial charge on any atom is 0.161 e. The minimum Gasteiger partial charge on any atom is -0.515 e. The zero-order valence-corrected chi connectivity index (χ0v) is 7.71. The molecule has 0 aromatic rings. The molecule has 1 saturated carbocycles. The van der Waals surface area contributed by atoms with Crippen molar-refractivity contribution in [1.29, 1.82) is 0 Å². The summed E-state index contributed by atoms with van der Waals surface area (Å²) in [6.07, 6.45) is 3.33. The van der Waals surface area contributed by atoms with Crippen LogP contribution in [0.3, 0.4) is 0 Å². The van der Waals surface area contributed by atoms with E-state index in [0.717, 1.165) is 19.1 Å². The van der Waals surface area contributed by atoms with E-state index in [2.05, 4.69) is 13.8 Å². The van der Waals surface area contributed by atoms with Crippen LogP contribution in [0.5, 0.6) is 0 Å². The highest BCUT2D eigenvalue weighted by molar-refractivity contribution is 5.95. The van der Waals surface area contributed by atoms with Gasteiger partial charge in [0.15, 0.2) is 5.78 Å². The number of hydrogen-bond donors (Lipinski definition) is 1. The van der Waals surface area contributed by atoms with E-state index < -0.39 is 0 Å². The summed E-state index contributed by atoms with van der Waals surface area (Å²) in [5.41, 5.74) is 0.611. The predicted molar refractivity (Wildman–Crippen MR) is 47.9 cm³/mol. The first kappa shape index (κ1) is 9.30. The number of aliphatic hydroxyl groups is 1.